The van der Waals surface area contributed by atoms with Gasteiger partial charge in [-0.05, 0) is 39.8 Å². The second kappa shape index (κ2) is 9.13. The Kier molecular flexibility index (Phi) is 7.90. The topological polar surface area (TPSA) is 55.4 Å². The van der Waals surface area contributed by atoms with Crippen LogP contribution in [0, 0.1) is 5.82 Å². The first-order chi connectivity index (χ1) is 12.8. The van der Waals surface area contributed by atoms with Crippen LogP contribution in [0.5, 0.6) is 0 Å². The normalized spacial score (nSPS) is 16.2. The minimum atomic E-state index is -4.52. The second-order valence-corrected chi connectivity index (χ2v) is 8.75. The van der Waals surface area contributed by atoms with Crippen LogP contribution in [0.2, 0.25) is 0 Å². The zero-order chi connectivity index (χ0) is 21.8. The molecule has 158 valence electrons. The van der Waals surface area contributed by atoms with E-state index >= 15 is 8.78 Å². The van der Waals surface area contributed by atoms with E-state index in [0.29, 0.717) is 0 Å². The molecule has 1 aromatic carbocycles. The maximum Gasteiger partial charge on any atom is 0.330 e. The largest absolute Gasteiger partial charge is 0.463 e. The summed E-state index contributed by atoms with van der Waals surface area (Å²) < 4.78 is 90.2. The highest BCUT2D eigenvalue weighted by Crippen LogP contribution is 2.45. The lowest BCUT2D eigenvalue weighted by Crippen LogP contribution is -2.62. The molecule has 10 heteroatoms. The van der Waals surface area contributed by atoms with Crippen molar-refractivity contribution in [1.82, 2.24) is 4.72 Å². The van der Waals surface area contributed by atoms with Gasteiger partial charge in [-0.3, -0.25) is 0 Å². The molecule has 28 heavy (non-hydrogen) atoms. The molecule has 1 N–H and O–H groups in total. The quantitative estimate of drug-likeness (QED) is 0.386. The average molecular weight is 427 g/mol. The number of halogens is 5. The summed E-state index contributed by atoms with van der Waals surface area (Å²) in [5.74, 6) is -7.04. The Balaban J connectivity index is 3.67. The fraction of sp³-hybridized carbons (Fsp3) is 0.500. The molecule has 0 bridgehead atoms. The van der Waals surface area contributed by atoms with Crippen molar-refractivity contribution < 1.29 is 35.7 Å². The number of nitrogens with one attached hydrogen (secondary N) is 1. The summed E-state index contributed by atoms with van der Waals surface area (Å²) in [5.41, 5.74) is -4.78. The Labute approximate surface area is 162 Å². The highest BCUT2D eigenvalue weighted by Gasteiger charge is 2.62. The lowest BCUT2D eigenvalue weighted by atomic mass is 9.84. The van der Waals surface area contributed by atoms with E-state index in [2.05, 4.69) is 4.74 Å². The van der Waals surface area contributed by atoms with Gasteiger partial charge in [-0.15, -0.1) is 0 Å². The highest BCUT2D eigenvalue weighted by atomic mass is 32.2. The monoisotopic (exact) mass is 427 g/mol. The summed E-state index contributed by atoms with van der Waals surface area (Å²) in [6.07, 6.45) is -3.71. The maximum atomic E-state index is 15.1. The van der Waals surface area contributed by atoms with Crippen molar-refractivity contribution in [3.8, 4) is 0 Å². The third-order valence-electron chi connectivity index (χ3n) is 3.68. The fourth-order valence-corrected chi connectivity index (χ4v) is 3.12. The van der Waals surface area contributed by atoms with E-state index in [1.165, 1.54) is 27.7 Å². The van der Waals surface area contributed by atoms with Gasteiger partial charge in [0.15, 0.2) is 5.54 Å². The number of carbonyl (C=O) groups is 1. The molecule has 0 heterocycles. The molecular weight excluding hydrogens is 405 g/mol. The van der Waals surface area contributed by atoms with E-state index in [-0.39, 0.29) is 18.8 Å². The number of ether oxygens (including phenoxy) is 1. The summed E-state index contributed by atoms with van der Waals surface area (Å²) in [4.78, 5) is 11.4. The van der Waals surface area contributed by atoms with Crippen molar-refractivity contribution in [2.24, 2.45) is 0 Å². The standard InChI is InChI=1S/C18H22F5NO3S/c1-5-27-14(25)10-11-17(22,23)18(15(20)21,24-28(26)16(2,3)4)12-8-6-7-9-13(12)19/h6-11,15,24H,5H2,1-4H3/b11-10+/t18-,28-/m0/s1. The average Bonchev–Trinajstić information content (AvgIpc) is 2.57. The SMILES string of the molecule is CCOC(=O)/C=C/C(F)(F)[C@](N[S@@](=O)C(C)(C)C)(c1ccccc1F)C(F)F. The van der Waals surface area contributed by atoms with E-state index in [9.17, 15) is 22.2 Å². The van der Waals surface area contributed by atoms with Crippen LogP contribution in [-0.4, -0.2) is 33.9 Å². The first-order valence-corrected chi connectivity index (χ1v) is 9.41. The smallest absolute Gasteiger partial charge is 0.330 e. The Morgan fingerprint density at radius 1 is 1.25 bits per heavy atom. The van der Waals surface area contributed by atoms with Crippen molar-refractivity contribution >= 4 is 17.0 Å². The van der Waals surface area contributed by atoms with E-state index in [0.717, 1.165) is 24.3 Å². The molecule has 0 aromatic heterocycles. The summed E-state index contributed by atoms with van der Waals surface area (Å²) in [5, 5.41) is 0. The molecule has 0 aliphatic rings. The van der Waals surface area contributed by atoms with Crippen LogP contribution in [0.3, 0.4) is 0 Å². The van der Waals surface area contributed by atoms with Crippen LogP contribution in [0.4, 0.5) is 22.0 Å². The minimum absolute atomic E-state index is 0.101. The van der Waals surface area contributed by atoms with Crippen molar-refractivity contribution in [1.29, 1.82) is 0 Å². The number of esters is 1. The molecule has 0 saturated carbocycles. The number of rotatable bonds is 8. The molecule has 1 aromatic rings. The van der Waals surface area contributed by atoms with Crippen LogP contribution in [-0.2, 0) is 26.1 Å². The Morgan fingerprint density at radius 3 is 2.29 bits per heavy atom. The predicted octanol–water partition coefficient (Wildman–Crippen LogP) is 4.09. The molecule has 0 aliphatic heterocycles. The predicted molar refractivity (Wildman–Crippen MR) is 95.8 cm³/mol. The molecule has 2 atom stereocenters. The van der Waals surface area contributed by atoms with Gasteiger partial charge in [-0.2, -0.15) is 8.78 Å². The molecule has 1 rings (SSSR count). The van der Waals surface area contributed by atoms with Gasteiger partial charge in [0.25, 0.3) is 12.3 Å². The van der Waals surface area contributed by atoms with Crippen LogP contribution in [0.1, 0.15) is 33.3 Å². The molecule has 0 spiro atoms. The van der Waals surface area contributed by atoms with Gasteiger partial charge in [0, 0.05) is 11.6 Å². The first-order valence-electron chi connectivity index (χ1n) is 8.26. The number of alkyl halides is 4. The lowest BCUT2D eigenvalue weighted by molar-refractivity contribution is -0.138. The second-order valence-electron chi connectivity index (χ2n) is 6.78. The van der Waals surface area contributed by atoms with Crippen LogP contribution >= 0.6 is 0 Å². The van der Waals surface area contributed by atoms with Gasteiger partial charge in [-0.25, -0.2) is 26.9 Å². The van der Waals surface area contributed by atoms with Crippen molar-refractivity contribution in [2.45, 2.75) is 50.3 Å². The Morgan fingerprint density at radius 2 is 1.82 bits per heavy atom. The summed E-state index contributed by atoms with van der Waals surface area (Å²) in [6.45, 7) is 5.44. The van der Waals surface area contributed by atoms with Gasteiger partial charge < -0.3 is 4.74 Å². The maximum absolute atomic E-state index is 15.1. The van der Waals surface area contributed by atoms with E-state index in [1.807, 2.05) is 0 Å². The summed E-state index contributed by atoms with van der Waals surface area (Å²) in [6, 6.07) is 3.73. The van der Waals surface area contributed by atoms with Gasteiger partial charge in [-0.1, -0.05) is 18.2 Å². The molecule has 4 nitrogen and oxygen atoms in total. The minimum Gasteiger partial charge on any atom is -0.463 e. The first kappa shape index (κ1) is 24.2. The van der Waals surface area contributed by atoms with Crippen molar-refractivity contribution in [2.75, 3.05) is 6.61 Å². The van der Waals surface area contributed by atoms with Crippen LogP contribution in [0.15, 0.2) is 36.4 Å². The fourth-order valence-electron chi connectivity index (χ4n) is 2.18. The zero-order valence-corrected chi connectivity index (χ0v) is 16.6. The number of hydrogen-bond acceptors (Lipinski definition) is 3. The number of carbonyl (C=O) groups excluding carboxylic acids is 1. The van der Waals surface area contributed by atoms with Gasteiger partial charge in [0.2, 0.25) is 0 Å². The van der Waals surface area contributed by atoms with Gasteiger partial charge in [0.05, 0.1) is 22.3 Å². The Hall–Kier alpha value is -1.81. The van der Waals surface area contributed by atoms with E-state index in [1.54, 1.807) is 4.72 Å². The van der Waals surface area contributed by atoms with Gasteiger partial charge >= 0.3 is 5.97 Å². The van der Waals surface area contributed by atoms with Gasteiger partial charge in [0.1, 0.15) is 5.82 Å². The molecule has 0 radical (unpaired) electrons. The third-order valence-corrected chi connectivity index (χ3v) is 5.30. The van der Waals surface area contributed by atoms with Crippen molar-refractivity contribution in [3.63, 3.8) is 0 Å². The molecular formula is C18H22F5NO3S. The molecule has 0 unspecified atom stereocenters. The number of hydrogen-bond donors (Lipinski definition) is 1. The molecule has 0 amide bonds. The highest BCUT2D eigenvalue weighted by molar-refractivity contribution is 7.84. The van der Waals surface area contributed by atoms with Crippen LogP contribution < -0.4 is 4.72 Å². The zero-order valence-electron chi connectivity index (χ0n) is 15.8. The summed E-state index contributed by atoms with van der Waals surface area (Å²) in [7, 11) is -2.43. The van der Waals surface area contributed by atoms with Crippen LogP contribution in [0.25, 0.3) is 0 Å². The number of benzene rings is 1. The van der Waals surface area contributed by atoms with Crippen molar-refractivity contribution in [3.05, 3.63) is 47.8 Å². The van der Waals surface area contributed by atoms with E-state index < -0.39 is 51.0 Å². The lowest BCUT2D eigenvalue weighted by Gasteiger charge is -2.40. The molecule has 0 saturated heterocycles. The molecule has 0 fully saturated rings. The summed E-state index contributed by atoms with van der Waals surface area (Å²) >= 11 is 0. The van der Waals surface area contributed by atoms with E-state index in [4.69, 9.17) is 0 Å². The molecule has 0 aliphatic carbocycles. The Bertz CT molecular complexity index is 749. The third kappa shape index (κ3) is 5.16.